The molecular weight excluding hydrogens is 498 g/mol. The first-order valence-corrected chi connectivity index (χ1v) is 13.7. The average molecular weight is 534 g/mol. The van der Waals surface area contributed by atoms with Crippen molar-refractivity contribution in [1.82, 2.24) is 15.5 Å². The van der Waals surface area contributed by atoms with Crippen LogP contribution in [0.5, 0.6) is 5.75 Å². The Morgan fingerprint density at radius 1 is 0.921 bits per heavy atom. The molecule has 3 aromatic rings. The van der Waals surface area contributed by atoms with E-state index in [1.807, 2.05) is 60.7 Å². The van der Waals surface area contributed by atoms with Crippen molar-refractivity contribution in [2.45, 2.75) is 45.2 Å². The zero-order valence-electron chi connectivity index (χ0n) is 21.8. The van der Waals surface area contributed by atoms with Gasteiger partial charge >= 0.3 is 0 Å². The fraction of sp³-hybridized carbons (Fsp3) is 0.355. The van der Waals surface area contributed by atoms with Gasteiger partial charge in [-0.3, -0.25) is 14.5 Å². The number of nitrogens with zero attached hydrogens (tertiary/aromatic N) is 1. The third kappa shape index (κ3) is 9.19. The highest BCUT2D eigenvalue weighted by atomic mass is 35.5. The molecule has 0 fully saturated rings. The fourth-order valence-electron chi connectivity index (χ4n) is 4.58. The maximum Gasteiger partial charge on any atom is 0.234 e. The lowest BCUT2D eigenvalue weighted by Crippen LogP contribution is -2.37. The molecule has 7 heteroatoms. The second-order valence-electron chi connectivity index (χ2n) is 9.74. The summed E-state index contributed by atoms with van der Waals surface area (Å²) in [7, 11) is 0. The summed E-state index contributed by atoms with van der Waals surface area (Å²) in [5, 5.41) is 6.77. The predicted octanol–water partition coefficient (Wildman–Crippen LogP) is 4.92. The Morgan fingerprint density at radius 2 is 1.71 bits per heavy atom. The van der Waals surface area contributed by atoms with E-state index in [4.69, 9.17) is 16.3 Å². The van der Waals surface area contributed by atoms with Crippen LogP contribution in [0.15, 0.2) is 72.8 Å². The van der Waals surface area contributed by atoms with Gasteiger partial charge in [0.2, 0.25) is 11.8 Å². The first-order chi connectivity index (χ1) is 18.5. The number of carbonyl (C=O) groups is 2. The zero-order valence-corrected chi connectivity index (χ0v) is 22.5. The summed E-state index contributed by atoms with van der Waals surface area (Å²) in [6, 6.07) is 23.8. The highest BCUT2D eigenvalue weighted by molar-refractivity contribution is 6.30. The Morgan fingerprint density at radius 3 is 2.53 bits per heavy atom. The number of amides is 2. The standard InChI is InChI=1S/C31H36ClN3O3/c32-28-12-9-24(10-13-28)15-17-34-30(36)20-26-11-14-29-27(19-26)22-35(21-25-7-3-1-4-8-25)23-31(37)33-16-5-2-6-18-38-29/h1,3-4,7-14,19H,2,5-6,15-18,20-23H2,(H,33,37)(H,34,36). The highest BCUT2D eigenvalue weighted by Gasteiger charge is 2.17. The van der Waals surface area contributed by atoms with Crippen LogP contribution in [0.2, 0.25) is 5.02 Å². The Labute approximate surface area is 230 Å². The molecule has 200 valence electrons. The highest BCUT2D eigenvalue weighted by Crippen LogP contribution is 2.24. The SMILES string of the molecule is O=C(Cc1ccc2c(c1)CN(Cc1ccccc1)CC(=O)NCCCCCO2)NCCc1ccc(Cl)cc1. The molecule has 1 heterocycles. The maximum atomic E-state index is 12.7. The summed E-state index contributed by atoms with van der Waals surface area (Å²) in [4.78, 5) is 27.5. The number of halogens is 1. The maximum absolute atomic E-state index is 12.7. The van der Waals surface area contributed by atoms with Gasteiger partial charge in [0.05, 0.1) is 19.6 Å². The van der Waals surface area contributed by atoms with Crippen LogP contribution in [0.25, 0.3) is 0 Å². The van der Waals surface area contributed by atoms with Gasteiger partial charge in [-0.25, -0.2) is 0 Å². The largest absolute Gasteiger partial charge is 0.493 e. The molecule has 3 aromatic carbocycles. The zero-order chi connectivity index (χ0) is 26.6. The minimum absolute atomic E-state index is 0.0232. The molecule has 0 saturated heterocycles. The Bertz CT molecular complexity index is 1180. The quantitative estimate of drug-likeness (QED) is 0.452. The molecule has 0 aliphatic carbocycles. The minimum Gasteiger partial charge on any atom is -0.493 e. The molecule has 6 nitrogen and oxygen atoms in total. The predicted molar refractivity (Wildman–Crippen MR) is 151 cm³/mol. The molecule has 0 unspecified atom stereocenters. The lowest BCUT2D eigenvalue weighted by atomic mass is 10.1. The molecule has 0 atom stereocenters. The third-order valence-electron chi connectivity index (χ3n) is 6.55. The Hall–Kier alpha value is -3.35. The number of benzene rings is 3. The molecule has 0 bridgehead atoms. The Balaban J connectivity index is 1.45. The van der Waals surface area contributed by atoms with E-state index in [-0.39, 0.29) is 18.2 Å². The summed E-state index contributed by atoms with van der Waals surface area (Å²) < 4.78 is 6.17. The summed E-state index contributed by atoms with van der Waals surface area (Å²) in [6.45, 7) is 3.36. The van der Waals surface area contributed by atoms with Crippen molar-refractivity contribution in [2.24, 2.45) is 0 Å². The summed E-state index contributed by atoms with van der Waals surface area (Å²) in [6.07, 6.45) is 3.90. The van der Waals surface area contributed by atoms with Crippen molar-refractivity contribution in [1.29, 1.82) is 0 Å². The fourth-order valence-corrected chi connectivity index (χ4v) is 4.70. The topological polar surface area (TPSA) is 70.7 Å². The second kappa shape index (κ2) is 14.6. The van der Waals surface area contributed by atoms with E-state index in [9.17, 15) is 9.59 Å². The average Bonchev–Trinajstić information content (AvgIpc) is 2.92. The molecule has 2 amide bonds. The van der Waals surface area contributed by atoms with Crippen LogP contribution in [0.4, 0.5) is 0 Å². The number of rotatable bonds is 7. The van der Waals surface area contributed by atoms with E-state index in [1.165, 1.54) is 0 Å². The molecule has 0 saturated carbocycles. The molecule has 4 rings (SSSR count). The lowest BCUT2D eigenvalue weighted by molar-refractivity contribution is -0.122. The van der Waals surface area contributed by atoms with Gasteiger partial charge in [0.15, 0.2) is 0 Å². The molecule has 0 spiro atoms. The molecule has 1 aliphatic rings. The van der Waals surface area contributed by atoms with Gasteiger partial charge in [-0.05, 0) is 60.6 Å². The van der Waals surface area contributed by atoms with Crippen LogP contribution in [-0.2, 0) is 35.5 Å². The third-order valence-corrected chi connectivity index (χ3v) is 6.80. The van der Waals surface area contributed by atoms with E-state index >= 15 is 0 Å². The lowest BCUT2D eigenvalue weighted by Gasteiger charge is -2.23. The normalized spacial score (nSPS) is 15.1. The van der Waals surface area contributed by atoms with Crippen LogP contribution in [0, 0.1) is 0 Å². The van der Waals surface area contributed by atoms with Crippen molar-refractivity contribution in [3.8, 4) is 5.75 Å². The summed E-state index contributed by atoms with van der Waals surface area (Å²) in [5.41, 5.74) is 4.18. The number of ether oxygens (including phenoxy) is 1. The van der Waals surface area contributed by atoms with Crippen molar-refractivity contribution < 1.29 is 14.3 Å². The van der Waals surface area contributed by atoms with Crippen LogP contribution >= 0.6 is 11.6 Å². The van der Waals surface area contributed by atoms with E-state index in [2.05, 4.69) is 27.7 Å². The Kier molecular flexibility index (Phi) is 10.6. The molecule has 38 heavy (non-hydrogen) atoms. The van der Waals surface area contributed by atoms with Gasteiger partial charge in [0.1, 0.15) is 5.75 Å². The number of fused-ring (bicyclic) bond motifs is 1. The van der Waals surface area contributed by atoms with Gasteiger partial charge in [0, 0.05) is 36.8 Å². The summed E-state index contributed by atoms with van der Waals surface area (Å²) >= 11 is 5.95. The van der Waals surface area contributed by atoms with Crippen LogP contribution in [-0.4, -0.2) is 43.0 Å². The number of carbonyl (C=O) groups excluding carboxylic acids is 2. The van der Waals surface area contributed by atoms with Crippen LogP contribution in [0.3, 0.4) is 0 Å². The van der Waals surface area contributed by atoms with Crippen molar-refractivity contribution in [2.75, 3.05) is 26.2 Å². The second-order valence-corrected chi connectivity index (χ2v) is 10.2. The van der Waals surface area contributed by atoms with Crippen LogP contribution in [0.1, 0.15) is 41.5 Å². The van der Waals surface area contributed by atoms with Crippen molar-refractivity contribution in [3.63, 3.8) is 0 Å². The first-order valence-electron chi connectivity index (χ1n) is 13.3. The number of nitrogens with one attached hydrogen (secondary N) is 2. The van der Waals surface area contributed by atoms with E-state index in [0.29, 0.717) is 44.4 Å². The monoisotopic (exact) mass is 533 g/mol. The number of hydrogen-bond donors (Lipinski definition) is 2. The molecule has 0 aromatic heterocycles. The van der Waals surface area contributed by atoms with Gasteiger partial charge in [-0.1, -0.05) is 66.2 Å². The number of hydrogen-bond acceptors (Lipinski definition) is 4. The van der Waals surface area contributed by atoms with Gasteiger partial charge in [0.25, 0.3) is 0 Å². The van der Waals surface area contributed by atoms with Gasteiger partial charge < -0.3 is 15.4 Å². The van der Waals surface area contributed by atoms with Gasteiger partial charge in [-0.15, -0.1) is 0 Å². The molecule has 1 aliphatic heterocycles. The smallest absolute Gasteiger partial charge is 0.234 e. The van der Waals surface area contributed by atoms with Crippen LogP contribution < -0.4 is 15.4 Å². The molecule has 0 radical (unpaired) electrons. The van der Waals surface area contributed by atoms with E-state index in [1.54, 1.807) is 0 Å². The van der Waals surface area contributed by atoms with Crippen molar-refractivity contribution >= 4 is 23.4 Å². The van der Waals surface area contributed by atoms with Gasteiger partial charge in [-0.2, -0.15) is 0 Å². The van der Waals surface area contributed by atoms with E-state index in [0.717, 1.165) is 53.7 Å². The molecular formula is C31H36ClN3O3. The van der Waals surface area contributed by atoms with Crippen molar-refractivity contribution in [3.05, 3.63) is 100 Å². The van der Waals surface area contributed by atoms with E-state index < -0.39 is 0 Å². The first kappa shape index (κ1) is 27.7. The minimum atomic E-state index is -0.0232. The summed E-state index contributed by atoms with van der Waals surface area (Å²) in [5.74, 6) is 0.818. The molecule has 2 N–H and O–H groups in total.